The number of hydrogen-bond acceptors (Lipinski definition) is 3. The van der Waals surface area contributed by atoms with Crippen LogP contribution in [0.15, 0.2) is 12.1 Å². The van der Waals surface area contributed by atoms with Gasteiger partial charge < -0.3 is 14.8 Å². The van der Waals surface area contributed by atoms with E-state index in [0.717, 1.165) is 29.0 Å². The van der Waals surface area contributed by atoms with Crippen LogP contribution in [0.4, 0.5) is 0 Å². The molecule has 0 spiro atoms. The van der Waals surface area contributed by atoms with Crippen molar-refractivity contribution in [3.63, 3.8) is 0 Å². The molecule has 0 heterocycles. The van der Waals surface area contributed by atoms with Gasteiger partial charge in [-0.25, -0.2) is 0 Å². The summed E-state index contributed by atoms with van der Waals surface area (Å²) >= 11 is 0. The number of aryl methyl sites for hydroxylation is 1. The average molecular weight is 237 g/mol. The molecule has 0 aliphatic rings. The molecular formula is C13H19NO3. The molecule has 0 saturated heterocycles. The fourth-order valence-electron chi connectivity index (χ4n) is 1.72. The lowest BCUT2D eigenvalue weighted by atomic mass is 10.0. The minimum atomic E-state index is 0.511. The average Bonchev–Trinajstić information content (AvgIpc) is 2.36. The third kappa shape index (κ3) is 3.37. The second-order valence-electron chi connectivity index (χ2n) is 3.56. The predicted octanol–water partition coefficient (Wildman–Crippen LogP) is 1.90. The van der Waals surface area contributed by atoms with Gasteiger partial charge in [0, 0.05) is 6.54 Å². The van der Waals surface area contributed by atoms with Gasteiger partial charge in [-0.15, -0.1) is 0 Å². The van der Waals surface area contributed by atoms with Gasteiger partial charge in [-0.1, -0.05) is 6.92 Å². The molecule has 0 aromatic heterocycles. The molecule has 0 radical (unpaired) electrons. The molecule has 0 bridgehead atoms. The molecule has 0 saturated carbocycles. The van der Waals surface area contributed by atoms with Crippen molar-refractivity contribution in [1.82, 2.24) is 5.32 Å². The zero-order valence-corrected chi connectivity index (χ0v) is 10.6. The summed E-state index contributed by atoms with van der Waals surface area (Å²) in [7, 11) is 1.63. The van der Waals surface area contributed by atoms with Gasteiger partial charge in [0.15, 0.2) is 11.5 Å². The number of benzene rings is 1. The Bertz CT molecular complexity index is 377. The van der Waals surface area contributed by atoms with Gasteiger partial charge in [0.05, 0.1) is 13.7 Å². The summed E-state index contributed by atoms with van der Waals surface area (Å²) in [5.41, 5.74) is 2.21. The second-order valence-corrected chi connectivity index (χ2v) is 3.56. The Morgan fingerprint density at radius 1 is 1.24 bits per heavy atom. The van der Waals surface area contributed by atoms with Crippen molar-refractivity contribution < 1.29 is 14.3 Å². The molecule has 4 nitrogen and oxygen atoms in total. The Labute approximate surface area is 102 Å². The van der Waals surface area contributed by atoms with Gasteiger partial charge >= 0.3 is 0 Å². The van der Waals surface area contributed by atoms with E-state index in [1.807, 2.05) is 19.1 Å². The molecular weight excluding hydrogens is 218 g/mol. The van der Waals surface area contributed by atoms with Crippen molar-refractivity contribution in [3.8, 4) is 11.5 Å². The van der Waals surface area contributed by atoms with Crippen LogP contribution in [0.2, 0.25) is 0 Å². The zero-order chi connectivity index (χ0) is 12.7. The van der Waals surface area contributed by atoms with Crippen LogP contribution in [-0.2, 0) is 17.8 Å². The van der Waals surface area contributed by atoms with E-state index in [-0.39, 0.29) is 0 Å². The van der Waals surface area contributed by atoms with Crippen LogP contribution in [0, 0.1) is 0 Å². The normalized spacial score (nSPS) is 9.82. The number of nitrogens with one attached hydrogen (secondary N) is 1. The number of methoxy groups -OCH3 is 1. The number of carbonyl (C=O) groups excluding carboxylic acids is 1. The highest BCUT2D eigenvalue weighted by molar-refractivity contribution is 5.50. The summed E-state index contributed by atoms with van der Waals surface area (Å²) in [6, 6.07) is 3.89. The first kappa shape index (κ1) is 13.4. The van der Waals surface area contributed by atoms with Crippen LogP contribution in [0.1, 0.15) is 25.0 Å². The highest BCUT2D eigenvalue weighted by Gasteiger charge is 2.10. The number of amides is 1. The quantitative estimate of drug-likeness (QED) is 0.737. The zero-order valence-electron chi connectivity index (χ0n) is 10.6. The Morgan fingerprint density at radius 2 is 1.94 bits per heavy atom. The Balaban J connectivity index is 3.08. The third-order valence-electron chi connectivity index (χ3n) is 2.54. The lowest BCUT2D eigenvalue weighted by Crippen LogP contribution is -2.12. The summed E-state index contributed by atoms with van der Waals surface area (Å²) in [5, 5.41) is 2.67. The summed E-state index contributed by atoms with van der Waals surface area (Å²) < 4.78 is 10.8. The summed E-state index contributed by atoms with van der Waals surface area (Å²) in [5.74, 6) is 1.45. The van der Waals surface area contributed by atoms with Gasteiger partial charge in [-0.2, -0.15) is 0 Å². The van der Waals surface area contributed by atoms with Gasteiger partial charge in [-0.3, -0.25) is 4.79 Å². The van der Waals surface area contributed by atoms with E-state index in [1.165, 1.54) is 0 Å². The summed E-state index contributed by atoms with van der Waals surface area (Å²) in [4.78, 5) is 10.3. The minimum absolute atomic E-state index is 0.511. The van der Waals surface area contributed by atoms with E-state index >= 15 is 0 Å². The first-order valence-electron chi connectivity index (χ1n) is 5.76. The fraction of sp³-hybridized carbons (Fsp3) is 0.462. The minimum Gasteiger partial charge on any atom is -0.493 e. The van der Waals surface area contributed by atoms with Crippen LogP contribution in [0.25, 0.3) is 0 Å². The molecule has 0 aliphatic heterocycles. The fourth-order valence-corrected chi connectivity index (χ4v) is 1.72. The van der Waals surface area contributed by atoms with Crippen LogP contribution < -0.4 is 14.8 Å². The lowest BCUT2D eigenvalue weighted by Gasteiger charge is -2.14. The molecule has 0 unspecified atom stereocenters. The number of hydrogen-bond donors (Lipinski definition) is 1. The number of ether oxygens (including phenoxy) is 2. The molecule has 1 amide bonds. The summed E-state index contributed by atoms with van der Waals surface area (Å²) in [6.45, 7) is 5.09. The van der Waals surface area contributed by atoms with Crippen molar-refractivity contribution in [2.24, 2.45) is 0 Å². The van der Waals surface area contributed by atoms with E-state index in [9.17, 15) is 4.79 Å². The van der Waals surface area contributed by atoms with Gasteiger partial charge in [0.2, 0.25) is 6.41 Å². The molecule has 1 aromatic rings. The molecule has 94 valence electrons. The van der Waals surface area contributed by atoms with E-state index in [0.29, 0.717) is 19.6 Å². The van der Waals surface area contributed by atoms with Crippen molar-refractivity contribution in [2.75, 3.05) is 13.7 Å². The SMILES string of the molecule is CCOc1cc(CNC=O)c(CC)cc1OC. The molecule has 4 heteroatoms. The number of carbonyl (C=O) groups is 1. The molecule has 1 N–H and O–H groups in total. The molecule has 0 fully saturated rings. The predicted molar refractivity (Wildman–Crippen MR) is 66.4 cm³/mol. The Kier molecular flexibility index (Phi) is 5.33. The van der Waals surface area contributed by atoms with Gasteiger partial charge in [-0.05, 0) is 36.6 Å². The second kappa shape index (κ2) is 6.78. The molecule has 0 atom stereocenters. The van der Waals surface area contributed by atoms with Crippen molar-refractivity contribution >= 4 is 6.41 Å². The standard InChI is InChI=1S/C13H19NO3/c1-4-10-6-12(16-3)13(17-5-2)7-11(10)8-14-9-15/h6-7,9H,4-5,8H2,1-3H3,(H,14,15). The van der Waals surface area contributed by atoms with E-state index in [2.05, 4.69) is 12.2 Å². The van der Waals surface area contributed by atoms with Gasteiger partial charge in [0.1, 0.15) is 0 Å². The molecule has 0 aliphatic carbocycles. The van der Waals surface area contributed by atoms with Crippen LogP contribution in [0.3, 0.4) is 0 Å². The van der Waals surface area contributed by atoms with E-state index < -0.39 is 0 Å². The van der Waals surface area contributed by atoms with Crippen molar-refractivity contribution in [2.45, 2.75) is 26.8 Å². The van der Waals surface area contributed by atoms with Crippen molar-refractivity contribution in [3.05, 3.63) is 23.3 Å². The van der Waals surface area contributed by atoms with E-state index in [1.54, 1.807) is 7.11 Å². The molecule has 17 heavy (non-hydrogen) atoms. The summed E-state index contributed by atoms with van der Waals surface area (Å²) in [6.07, 6.45) is 1.59. The smallest absolute Gasteiger partial charge is 0.207 e. The molecule has 1 rings (SSSR count). The topological polar surface area (TPSA) is 47.6 Å². The van der Waals surface area contributed by atoms with E-state index in [4.69, 9.17) is 9.47 Å². The maximum absolute atomic E-state index is 10.3. The van der Waals surface area contributed by atoms with Crippen LogP contribution in [0.5, 0.6) is 11.5 Å². The van der Waals surface area contributed by atoms with Crippen molar-refractivity contribution in [1.29, 1.82) is 0 Å². The first-order chi connectivity index (χ1) is 8.26. The van der Waals surface area contributed by atoms with Crippen LogP contribution in [-0.4, -0.2) is 20.1 Å². The largest absolute Gasteiger partial charge is 0.493 e. The molecule has 1 aromatic carbocycles. The lowest BCUT2D eigenvalue weighted by molar-refractivity contribution is -0.109. The Morgan fingerprint density at radius 3 is 2.47 bits per heavy atom. The maximum atomic E-state index is 10.3. The highest BCUT2D eigenvalue weighted by Crippen LogP contribution is 2.31. The number of rotatable bonds is 7. The third-order valence-corrected chi connectivity index (χ3v) is 2.54. The Hall–Kier alpha value is -1.71. The van der Waals surface area contributed by atoms with Gasteiger partial charge in [0.25, 0.3) is 0 Å². The van der Waals surface area contributed by atoms with Crippen LogP contribution >= 0.6 is 0 Å². The highest BCUT2D eigenvalue weighted by atomic mass is 16.5. The first-order valence-corrected chi connectivity index (χ1v) is 5.76. The monoisotopic (exact) mass is 237 g/mol. The maximum Gasteiger partial charge on any atom is 0.207 e.